The first-order valence-corrected chi connectivity index (χ1v) is 13.2. The molecule has 0 aliphatic carbocycles. The van der Waals surface area contributed by atoms with Gasteiger partial charge in [0.05, 0.1) is 12.4 Å². The second kappa shape index (κ2) is 10.1. The van der Waals surface area contributed by atoms with Crippen LogP contribution in [0.3, 0.4) is 0 Å². The number of aromatic nitrogens is 3. The van der Waals surface area contributed by atoms with E-state index < -0.39 is 0 Å². The number of hydrogen-bond acceptors (Lipinski definition) is 8. The predicted octanol–water partition coefficient (Wildman–Crippen LogP) is 4.81. The zero-order chi connectivity index (χ0) is 24.3. The number of nitrogens with one attached hydrogen (secondary N) is 1. The monoisotopic (exact) mass is 495 g/mol. The first-order chi connectivity index (χ1) is 17.7. The maximum absolute atomic E-state index is 5.82. The zero-order valence-electron chi connectivity index (χ0n) is 20.0. The van der Waals surface area contributed by atoms with Crippen molar-refractivity contribution in [3.63, 3.8) is 0 Å². The molecular formula is C28H29N7S. The van der Waals surface area contributed by atoms with Gasteiger partial charge >= 0.3 is 0 Å². The van der Waals surface area contributed by atoms with E-state index in [1.54, 1.807) is 0 Å². The van der Waals surface area contributed by atoms with Crippen LogP contribution in [0.15, 0.2) is 79.3 Å². The number of anilines is 1. The Morgan fingerprint density at radius 1 is 0.944 bits per heavy atom. The maximum Gasteiger partial charge on any atom is 0.203 e. The number of likely N-dealkylation sites (tertiary alicyclic amines) is 1. The van der Waals surface area contributed by atoms with Crippen molar-refractivity contribution >= 4 is 16.5 Å². The predicted molar refractivity (Wildman–Crippen MR) is 146 cm³/mol. The minimum Gasteiger partial charge on any atom is -0.374 e. The molecule has 4 aromatic rings. The molecule has 4 heterocycles. The molecule has 2 aliphatic rings. The molecule has 3 N–H and O–H groups in total. The summed E-state index contributed by atoms with van der Waals surface area (Å²) in [6, 6.07) is 22.0. The van der Waals surface area contributed by atoms with Gasteiger partial charge in [0, 0.05) is 61.0 Å². The quantitative estimate of drug-likeness (QED) is 0.397. The third-order valence-corrected chi connectivity index (χ3v) is 7.78. The van der Waals surface area contributed by atoms with E-state index in [0.717, 1.165) is 59.3 Å². The number of nitrogens with zero attached hydrogens (tertiary/aromatic N) is 5. The van der Waals surface area contributed by atoms with Gasteiger partial charge in [-0.05, 0) is 30.0 Å². The third kappa shape index (κ3) is 4.82. The first-order valence-electron chi connectivity index (χ1n) is 12.4. The van der Waals surface area contributed by atoms with E-state index >= 15 is 0 Å². The molecule has 1 fully saturated rings. The number of piperidine rings is 1. The van der Waals surface area contributed by atoms with Crippen LogP contribution in [0.4, 0.5) is 5.13 Å². The molecule has 0 unspecified atom stereocenters. The van der Waals surface area contributed by atoms with E-state index in [4.69, 9.17) is 10.7 Å². The van der Waals surface area contributed by atoms with Gasteiger partial charge in [-0.25, -0.2) is 0 Å². The number of pyridine rings is 1. The molecule has 6 rings (SSSR count). The van der Waals surface area contributed by atoms with Crippen LogP contribution < -0.4 is 11.1 Å². The molecule has 0 spiro atoms. The molecule has 0 bridgehead atoms. The van der Waals surface area contributed by atoms with Crippen LogP contribution in [0.1, 0.15) is 18.4 Å². The molecule has 36 heavy (non-hydrogen) atoms. The molecule has 0 saturated carbocycles. The highest BCUT2D eigenvalue weighted by Gasteiger charge is 2.24. The standard InChI is InChI=1S/C28H29N7S/c29-28-33-32-27(36-28)23-16-25(21-4-2-1-3-5-21)26(31-17-23)22-8-6-20(7-9-22)18-34-13-10-24(11-14-34)35-15-12-30-19-35/h1-9,12,15-17,24,30H,10-11,13-14,18-19H2,(H2,29,33). The Morgan fingerprint density at radius 2 is 1.75 bits per heavy atom. The lowest BCUT2D eigenvalue weighted by molar-refractivity contribution is 0.139. The summed E-state index contributed by atoms with van der Waals surface area (Å²) in [6.45, 7) is 4.19. The summed E-state index contributed by atoms with van der Waals surface area (Å²) in [6.07, 6.45) is 8.52. The smallest absolute Gasteiger partial charge is 0.203 e. The molecular weight excluding hydrogens is 466 g/mol. The summed E-state index contributed by atoms with van der Waals surface area (Å²) in [4.78, 5) is 9.86. The van der Waals surface area contributed by atoms with E-state index in [1.165, 1.54) is 29.7 Å². The van der Waals surface area contributed by atoms with Crippen LogP contribution in [0, 0.1) is 0 Å². The number of nitrogen functional groups attached to an aromatic ring is 1. The minimum absolute atomic E-state index is 0.458. The van der Waals surface area contributed by atoms with Gasteiger partial charge < -0.3 is 16.0 Å². The molecule has 182 valence electrons. The number of nitrogens with two attached hydrogens (primary N) is 1. The van der Waals surface area contributed by atoms with E-state index in [0.29, 0.717) is 11.2 Å². The summed E-state index contributed by atoms with van der Waals surface area (Å²) < 4.78 is 0. The highest BCUT2D eigenvalue weighted by Crippen LogP contribution is 2.35. The fourth-order valence-electron chi connectivity index (χ4n) is 5.05. The molecule has 0 radical (unpaired) electrons. The van der Waals surface area contributed by atoms with Crippen molar-refractivity contribution in [1.82, 2.24) is 30.3 Å². The fraction of sp³-hybridized carbons (Fsp3) is 0.250. The average Bonchev–Trinajstić information content (AvgIpc) is 3.62. The van der Waals surface area contributed by atoms with E-state index in [1.807, 2.05) is 18.5 Å². The summed E-state index contributed by atoms with van der Waals surface area (Å²) in [7, 11) is 0. The van der Waals surface area contributed by atoms with Crippen molar-refractivity contribution in [2.45, 2.75) is 25.4 Å². The normalized spacial score (nSPS) is 16.4. The first kappa shape index (κ1) is 22.7. The Labute approximate surface area is 215 Å². The highest BCUT2D eigenvalue weighted by atomic mass is 32.1. The van der Waals surface area contributed by atoms with Crippen LogP contribution in [0.5, 0.6) is 0 Å². The van der Waals surface area contributed by atoms with Gasteiger partial charge in [0.25, 0.3) is 0 Å². The fourth-order valence-corrected chi connectivity index (χ4v) is 5.64. The Bertz CT molecular complexity index is 1340. The molecule has 2 aromatic heterocycles. The van der Waals surface area contributed by atoms with Crippen LogP contribution in [0.2, 0.25) is 0 Å². The van der Waals surface area contributed by atoms with E-state index in [-0.39, 0.29) is 0 Å². The number of rotatable bonds is 6. The van der Waals surface area contributed by atoms with Gasteiger partial charge in [-0.2, -0.15) is 0 Å². The molecule has 7 nitrogen and oxygen atoms in total. The Balaban J connectivity index is 1.20. The summed E-state index contributed by atoms with van der Waals surface area (Å²) in [5.41, 5.74) is 12.3. The van der Waals surface area contributed by atoms with Crippen molar-refractivity contribution in [1.29, 1.82) is 0 Å². The topological polar surface area (TPSA) is 83.2 Å². The van der Waals surface area contributed by atoms with Crippen molar-refractivity contribution in [2.24, 2.45) is 0 Å². The lowest BCUT2D eigenvalue weighted by atomic mass is 9.97. The highest BCUT2D eigenvalue weighted by molar-refractivity contribution is 7.18. The average molecular weight is 496 g/mol. The molecule has 2 aromatic carbocycles. The van der Waals surface area contributed by atoms with Crippen LogP contribution in [-0.2, 0) is 6.54 Å². The summed E-state index contributed by atoms with van der Waals surface area (Å²) in [5, 5.41) is 12.7. The Hall–Kier alpha value is -3.75. The molecule has 1 saturated heterocycles. The molecule has 2 aliphatic heterocycles. The van der Waals surface area contributed by atoms with Gasteiger partial charge in [-0.3, -0.25) is 9.88 Å². The van der Waals surface area contributed by atoms with Gasteiger partial charge in [0.15, 0.2) is 5.01 Å². The molecule has 8 heteroatoms. The summed E-state index contributed by atoms with van der Waals surface area (Å²) >= 11 is 1.37. The largest absolute Gasteiger partial charge is 0.374 e. The van der Waals surface area contributed by atoms with E-state index in [9.17, 15) is 0 Å². The van der Waals surface area contributed by atoms with Gasteiger partial charge in [0.2, 0.25) is 5.13 Å². The SMILES string of the molecule is Nc1nnc(-c2cnc(-c3ccc(CN4CCC(N5C=CNC5)CC4)cc3)c(-c3ccccc3)c2)s1. The second-order valence-electron chi connectivity index (χ2n) is 9.33. The minimum atomic E-state index is 0.458. The third-order valence-electron chi connectivity index (χ3n) is 6.98. The van der Waals surface area contributed by atoms with Gasteiger partial charge in [-0.1, -0.05) is 65.9 Å². The van der Waals surface area contributed by atoms with E-state index in [2.05, 4.69) is 86.1 Å². The zero-order valence-corrected chi connectivity index (χ0v) is 20.9. The lowest BCUT2D eigenvalue weighted by Crippen LogP contribution is -2.43. The summed E-state index contributed by atoms with van der Waals surface area (Å²) in [5.74, 6) is 0. The molecule has 0 amide bonds. The molecule has 0 atom stereocenters. The van der Waals surface area contributed by atoms with Crippen LogP contribution >= 0.6 is 11.3 Å². The lowest BCUT2D eigenvalue weighted by Gasteiger charge is -2.36. The number of benzene rings is 2. The number of hydrogen-bond donors (Lipinski definition) is 2. The van der Waals surface area contributed by atoms with Crippen LogP contribution in [-0.4, -0.2) is 50.8 Å². The van der Waals surface area contributed by atoms with Gasteiger partial charge in [0.1, 0.15) is 0 Å². The van der Waals surface area contributed by atoms with Crippen LogP contribution in [0.25, 0.3) is 33.0 Å². The maximum atomic E-state index is 5.82. The van der Waals surface area contributed by atoms with Crippen molar-refractivity contribution in [2.75, 3.05) is 25.5 Å². The van der Waals surface area contributed by atoms with Crippen molar-refractivity contribution in [3.8, 4) is 33.0 Å². The second-order valence-corrected chi connectivity index (χ2v) is 10.3. The van der Waals surface area contributed by atoms with Gasteiger partial charge in [-0.15, -0.1) is 10.2 Å². The van der Waals surface area contributed by atoms with Crippen molar-refractivity contribution in [3.05, 3.63) is 84.8 Å². The Morgan fingerprint density at radius 3 is 2.44 bits per heavy atom. The Kier molecular flexibility index (Phi) is 6.36. The van der Waals surface area contributed by atoms with Crippen molar-refractivity contribution < 1.29 is 0 Å².